The van der Waals surface area contributed by atoms with E-state index >= 15 is 0 Å². The largest absolute Gasteiger partial charge is 0.494 e. The Bertz CT molecular complexity index is 1020. The number of hydrogen-bond donors (Lipinski definition) is 2. The monoisotopic (exact) mass is 385 g/mol. The molecule has 1 aromatic carbocycles. The molecular formula is C20H25N4O2S+. The fraction of sp³-hybridized carbons (Fsp3) is 0.400. The van der Waals surface area contributed by atoms with Crippen molar-refractivity contribution in [2.45, 2.75) is 33.2 Å². The normalized spacial score (nSPS) is 16.4. The zero-order valence-corrected chi connectivity index (χ0v) is 16.6. The van der Waals surface area contributed by atoms with Crippen LogP contribution in [0.1, 0.15) is 30.7 Å². The number of likely N-dealkylation sites (N-methyl/N-ethyl adjacent to an activating group) is 1. The number of nitrogens with one attached hydrogen (secondary N) is 1. The summed E-state index contributed by atoms with van der Waals surface area (Å²) < 4.78 is 6.82. The molecule has 3 heterocycles. The van der Waals surface area contributed by atoms with E-state index in [1.165, 1.54) is 9.55 Å². The van der Waals surface area contributed by atoms with Gasteiger partial charge in [0.2, 0.25) is 0 Å². The van der Waals surface area contributed by atoms with Gasteiger partial charge in [0.05, 0.1) is 30.0 Å². The van der Waals surface area contributed by atoms with Gasteiger partial charge in [-0.3, -0.25) is 4.79 Å². The van der Waals surface area contributed by atoms with Gasteiger partial charge in [0.25, 0.3) is 5.56 Å². The smallest absolute Gasteiger partial charge is 0.281 e. The second kappa shape index (κ2) is 7.32. The van der Waals surface area contributed by atoms with Gasteiger partial charge < -0.3 is 15.5 Å². The second-order valence-corrected chi connectivity index (χ2v) is 8.03. The average molecular weight is 386 g/mol. The van der Waals surface area contributed by atoms with Crippen LogP contribution >= 0.6 is 11.3 Å². The van der Waals surface area contributed by atoms with Gasteiger partial charge in [0.15, 0.2) is 5.82 Å². The van der Waals surface area contributed by atoms with Crippen molar-refractivity contribution in [2.24, 2.45) is 0 Å². The van der Waals surface area contributed by atoms with E-state index in [2.05, 4.69) is 13.8 Å². The molecule has 1 atom stereocenters. The summed E-state index contributed by atoms with van der Waals surface area (Å²) in [4.78, 5) is 21.4. The Balaban J connectivity index is 1.77. The van der Waals surface area contributed by atoms with Crippen LogP contribution in [-0.4, -0.2) is 29.4 Å². The Morgan fingerprint density at radius 2 is 2.07 bits per heavy atom. The number of nitrogens with zero attached hydrogens (tertiary/aromatic N) is 2. The third-order valence-electron chi connectivity index (χ3n) is 5.16. The summed E-state index contributed by atoms with van der Waals surface area (Å²) in [6, 6.07) is 7.59. The van der Waals surface area contributed by atoms with Crippen LogP contribution < -0.4 is 21.0 Å². The van der Waals surface area contributed by atoms with E-state index in [0.29, 0.717) is 17.8 Å². The molecule has 0 amide bonds. The van der Waals surface area contributed by atoms with E-state index in [-0.39, 0.29) is 5.56 Å². The predicted molar refractivity (Wildman–Crippen MR) is 109 cm³/mol. The van der Waals surface area contributed by atoms with Crippen LogP contribution in [0.2, 0.25) is 0 Å². The summed E-state index contributed by atoms with van der Waals surface area (Å²) in [5.41, 5.74) is 1.81. The quantitative estimate of drug-likeness (QED) is 0.654. The molecule has 0 aliphatic carbocycles. The van der Waals surface area contributed by atoms with Crippen LogP contribution in [0.3, 0.4) is 0 Å². The zero-order valence-electron chi connectivity index (χ0n) is 15.7. The van der Waals surface area contributed by atoms with Crippen molar-refractivity contribution in [2.75, 3.05) is 25.5 Å². The first-order chi connectivity index (χ1) is 13.1. The van der Waals surface area contributed by atoms with Crippen LogP contribution in [0.5, 0.6) is 5.75 Å². The molecule has 0 fully saturated rings. The lowest BCUT2D eigenvalue weighted by Gasteiger charge is -2.22. The molecule has 0 radical (unpaired) electrons. The minimum atomic E-state index is -0.154. The Morgan fingerprint density at radius 3 is 2.78 bits per heavy atom. The lowest BCUT2D eigenvalue weighted by molar-refractivity contribution is -0.913. The zero-order chi connectivity index (χ0) is 19.0. The number of thiophene rings is 1. The van der Waals surface area contributed by atoms with Gasteiger partial charge in [-0.2, -0.15) is 0 Å². The van der Waals surface area contributed by atoms with Crippen molar-refractivity contribution in [1.29, 1.82) is 0 Å². The lowest BCUT2D eigenvalue weighted by atomic mass is 10.1. The number of benzene rings is 1. The molecule has 7 heteroatoms. The highest BCUT2D eigenvalue weighted by Crippen LogP contribution is 2.30. The van der Waals surface area contributed by atoms with Crippen LogP contribution in [0.15, 0.2) is 29.1 Å². The Morgan fingerprint density at radius 1 is 1.30 bits per heavy atom. The number of aromatic nitrogens is 2. The Hall–Kier alpha value is -2.38. The number of hydrogen-bond acceptors (Lipinski definition) is 5. The standard InChI is InChI=1S/C20H24N4O2S/c1-3-11-26-14-7-5-13(6-8-14)18-22-19-17(20(25)24(18)21)15-9-10-23(4-2)12-16(15)27-19/h5-8H,3-4,9-12,21H2,1-2H3/p+1. The molecule has 0 spiro atoms. The summed E-state index contributed by atoms with van der Waals surface area (Å²) >= 11 is 1.64. The van der Waals surface area contributed by atoms with E-state index in [0.717, 1.165) is 54.2 Å². The molecule has 1 unspecified atom stereocenters. The van der Waals surface area contributed by atoms with Crippen LogP contribution in [0.25, 0.3) is 21.6 Å². The van der Waals surface area contributed by atoms with Crippen molar-refractivity contribution in [1.82, 2.24) is 9.66 Å². The van der Waals surface area contributed by atoms with E-state index in [9.17, 15) is 4.79 Å². The molecule has 0 saturated carbocycles. The molecule has 3 aromatic rings. The first-order valence-corrected chi connectivity index (χ1v) is 10.3. The SMILES string of the molecule is CCCOc1ccc(-c2nc3sc4c(c3c(=O)n2N)CC[NH+](CC)C4)cc1. The summed E-state index contributed by atoms with van der Waals surface area (Å²) in [6.07, 6.45) is 1.88. The molecule has 142 valence electrons. The molecule has 0 saturated heterocycles. The minimum Gasteiger partial charge on any atom is -0.494 e. The topological polar surface area (TPSA) is 74.6 Å². The number of nitrogens with two attached hydrogens (primary N) is 1. The lowest BCUT2D eigenvalue weighted by Crippen LogP contribution is -3.11. The number of quaternary nitrogens is 1. The third-order valence-corrected chi connectivity index (χ3v) is 6.29. The van der Waals surface area contributed by atoms with Crippen LogP contribution in [0.4, 0.5) is 0 Å². The summed E-state index contributed by atoms with van der Waals surface area (Å²) in [7, 11) is 0. The van der Waals surface area contributed by atoms with Gasteiger partial charge in [-0.25, -0.2) is 9.66 Å². The summed E-state index contributed by atoms with van der Waals surface area (Å²) in [5, 5.41) is 0.708. The van der Waals surface area contributed by atoms with Crippen molar-refractivity contribution in [3.63, 3.8) is 0 Å². The van der Waals surface area contributed by atoms with E-state index < -0.39 is 0 Å². The van der Waals surface area contributed by atoms with Gasteiger partial charge in [-0.1, -0.05) is 6.92 Å². The maximum Gasteiger partial charge on any atom is 0.281 e. The number of rotatable bonds is 5. The molecule has 2 aromatic heterocycles. The number of fused-ring (bicyclic) bond motifs is 3. The Labute approximate surface area is 162 Å². The average Bonchev–Trinajstić information content (AvgIpc) is 3.07. The fourth-order valence-corrected chi connectivity index (χ4v) is 4.90. The highest BCUT2D eigenvalue weighted by molar-refractivity contribution is 7.18. The van der Waals surface area contributed by atoms with Crippen molar-refractivity contribution >= 4 is 21.6 Å². The highest BCUT2D eigenvalue weighted by Gasteiger charge is 2.26. The molecule has 27 heavy (non-hydrogen) atoms. The molecule has 1 aliphatic heterocycles. The minimum absolute atomic E-state index is 0.154. The van der Waals surface area contributed by atoms with E-state index in [1.807, 2.05) is 24.3 Å². The van der Waals surface area contributed by atoms with Crippen LogP contribution in [0, 0.1) is 0 Å². The molecule has 0 bridgehead atoms. The summed E-state index contributed by atoms with van der Waals surface area (Å²) in [6.45, 7) is 8.08. The van der Waals surface area contributed by atoms with Gasteiger partial charge in [-0.05, 0) is 43.2 Å². The molecule has 1 aliphatic rings. The van der Waals surface area contributed by atoms with E-state index in [1.54, 1.807) is 16.2 Å². The van der Waals surface area contributed by atoms with E-state index in [4.69, 9.17) is 15.6 Å². The maximum absolute atomic E-state index is 13.0. The first-order valence-electron chi connectivity index (χ1n) is 9.51. The molecular weight excluding hydrogens is 360 g/mol. The van der Waals surface area contributed by atoms with Gasteiger partial charge in [0.1, 0.15) is 17.1 Å². The summed E-state index contributed by atoms with van der Waals surface area (Å²) in [5.74, 6) is 7.46. The number of nitrogen functional groups attached to an aromatic ring is 1. The molecule has 4 rings (SSSR count). The van der Waals surface area contributed by atoms with Crippen molar-refractivity contribution in [3.05, 3.63) is 45.1 Å². The molecule has 6 nitrogen and oxygen atoms in total. The predicted octanol–water partition coefficient (Wildman–Crippen LogP) is 1.59. The van der Waals surface area contributed by atoms with Gasteiger partial charge in [0, 0.05) is 12.0 Å². The van der Waals surface area contributed by atoms with Crippen molar-refractivity contribution < 1.29 is 9.64 Å². The third kappa shape index (κ3) is 3.21. The van der Waals surface area contributed by atoms with Crippen LogP contribution in [-0.2, 0) is 13.0 Å². The van der Waals surface area contributed by atoms with Gasteiger partial charge >= 0.3 is 0 Å². The fourth-order valence-electron chi connectivity index (χ4n) is 3.61. The van der Waals surface area contributed by atoms with Crippen molar-refractivity contribution in [3.8, 4) is 17.1 Å². The Kier molecular flexibility index (Phi) is 4.88. The number of ether oxygens (including phenoxy) is 1. The first kappa shape index (κ1) is 18.0. The second-order valence-electron chi connectivity index (χ2n) is 6.95. The van der Waals surface area contributed by atoms with Gasteiger partial charge in [-0.15, -0.1) is 11.3 Å². The molecule has 3 N–H and O–H groups in total. The maximum atomic E-state index is 13.0. The highest BCUT2D eigenvalue weighted by atomic mass is 32.1.